The second kappa shape index (κ2) is 3.59. The van der Waals surface area contributed by atoms with Gasteiger partial charge in [0, 0.05) is 18.2 Å². The summed E-state index contributed by atoms with van der Waals surface area (Å²) in [6.07, 6.45) is 1.42. The predicted octanol–water partition coefficient (Wildman–Crippen LogP) is 2.26. The summed E-state index contributed by atoms with van der Waals surface area (Å²) in [7, 11) is 1.64. The van der Waals surface area contributed by atoms with E-state index in [4.69, 9.17) is 5.73 Å². The summed E-state index contributed by atoms with van der Waals surface area (Å²) in [4.78, 5) is 0. The molecule has 0 aliphatic carbocycles. The second-order valence-corrected chi connectivity index (χ2v) is 3.68. The van der Waals surface area contributed by atoms with E-state index in [-0.39, 0.29) is 5.56 Å². The highest BCUT2D eigenvalue weighted by Gasteiger charge is 2.15. The molecule has 0 fully saturated rings. The Labute approximate surface area is 91.5 Å². The number of benzene rings is 1. The van der Waals surface area contributed by atoms with Crippen molar-refractivity contribution < 1.29 is 8.78 Å². The van der Waals surface area contributed by atoms with Crippen LogP contribution in [0.1, 0.15) is 5.56 Å². The number of aromatic nitrogens is 2. The molecule has 0 saturated carbocycles. The van der Waals surface area contributed by atoms with Crippen LogP contribution >= 0.6 is 0 Å². The number of aryl methyl sites for hydroxylation is 2. The third kappa shape index (κ3) is 1.54. The maximum Gasteiger partial charge on any atom is 0.166 e. The van der Waals surface area contributed by atoms with Gasteiger partial charge in [-0.15, -0.1) is 0 Å². The molecule has 1 aromatic carbocycles. The van der Waals surface area contributed by atoms with Crippen molar-refractivity contribution in [3.63, 3.8) is 0 Å². The van der Waals surface area contributed by atoms with Crippen LogP contribution in [0.2, 0.25) is 0 Å². The molecule has 0 aliphatic heterocycles. The molecule has 0 aliphatic rings. The molecule has 84 valence electrons. The average molecular weight is 223 g/mol. The zero-order valence-electron chi connectivity index (χ0n) is 8.96. The molecule has 2 N–H and O–H groups in total. The van der Waals surface area contributed by atoms with E-state index in [0.717, 1.165) is 6.07 Å². The Balaban J connectivity index is 2.69. The molecule has 0 atom stereocenters. The number of nitrogens with zero attached hydrogens (tertiary/aromatic N) is 2. The lowest BCUT2D eigenvalue weighted by molar-refractivity contribution is 0.510. The molecule has 0 radical (unpaired) electrons. The standard InChI is InChI=1S/C11H11F2N3/c1-6-3-7(10(13)9(12)4-6)8-5-15-16(2)11(8)14/h3-5H,14H2,1-2H3. The highest BCUT2D eigenvalue weighted by molar-refractivity contribution is 5.74. The van der Waals surface area contributed by atoms with E-state index >= 15 is 0 Å². The molecule has 0 saturated heterocycles. The number of anilines is 1. The molecule has 5 heteroatoms. The van der Waals surface area contributed by atoms with Crippen molar-refractivity contribution in [1.29, 1.82) is 0 Å². The normalized spacial score (nSPS) is 10.8. The van der Waals surface area contributed by atoms with Gasteiger partial charge in [0.2, 0.25) is 0 Å². The maximum absolute atomic E-state index is 13.6. The molecular formula is C11H11F2N3. The lowest BCUT2D eigenvalue weighted by atomic mass is 10.0. The van der Waals surface area contributed by atoms with Crippen LogP contribution in [0.4, 0.5) is 14.6 Å². The number of nitrogen functional groups attached to an aromatic ring is 1. The van der Waals surface area contributed by atoms with Crippen LogP contribution in [0.25, 0.3) is 11.1 Å². The van der Waals surface area contributed by atoms with Crippen molar-refractivity contribution in [2.45, 2.75) is 6.92 Å². The van der Waals surface area contributed by atoms with Crippen molar-refractivity contribution in [2.75, 3.05) is 5.73 Å². The Hall–Kier alpha value is -1.91. The average Bonchev–Trinajstić information content (AvgIpc) is 2.54. The van der Waals surface area contributed by atoms with Crippen molar-refractivity contribution >= 4 is 5.82 Å². The van der Waals surface area contributed by atoms with Crippen LogP contribution in [0.15, 0.2) is 18.3 Å². The van der Waals surface area contributed by atoms with Crippen molar-refractivity contribution in [1.82, 2.24) is 9.78 Å². The van der Waals surface area contributed by atoms with Gasteiger partial charge in [0.25, 0.3) is 0 Å². The molecule has 2 aromatic rings. The Kier molecular flexibility index (Phi) is 2.38. The molecule has 2 rings (SSSR count). The first kappa shape index (κ1) is 10.6. The fourth-order valence-corrected chi connectivity index (χ4v) is 1.58. The molecule has 0 spiro atoms. The Morgan fingerprint density at radius 1 is 1.25 bits per heavy atom. The number of halogens is 2. The molecular weight excluding hydrogens is 212 g/mol. The van der Waals surface area contributed by atoms with E-state index < -0.39 is 11.6 Å². The lowest BCUT2D eigenvalue weighted by Crippen LogP contribution is -1.99. The van der Waals surface area contributed by atoms with E-state index in [9.17, 15) is 8.78 Å². The van der Waals surface area contributed by atoms with Crippen LogP contribution < -0.4 is 5.73 Å². The summed E-state index contributed by atoms with van der Waals surface area (Å²) >= 11 is 0. The van der Waals surface area contributed by atoms with Crippen LogP contribution in [0, 0.1) is 18.6 Å². The Morgan fingerprint density at radius 3 is 2.50 bits per heavy atom. The number of hydrogen-bond donors (Lipinski definition) is 1. The third-order valence-corrected chi connectivity index (χ3v) is 2.45. The fraction of sp³-hybridized carbons (Fsp3) is 0.182. The molecule has 0 amide bonds. The van der Waals surface area contributed by atoms with Crippen LogP contribution in [-0.4, -0.2) is 9.78 Å². The highest BCUT2D eigenvalue weighted by atomic mass is 19.2. The van der Waals surface area contributed by atoms with Gasteiger partial charge in [-0.25, -0.2) is 8.78 Å². The first-order valence-electron chi connectivity index (χ1n) is 4.74. The van der Waals surface area contributed by atoms with Gasteiger partial charge in [-0.3, -0.25) is 4.68 Å². The van der Waals surface area contributed by atoms with Gasteiger partial charge < -0.3 is 5.73 Å². The molecule has 1 aromatic heterocycles. The maximum atomic E-state index is 13.6. The predicted molar refractivity (Wildman–Crippen MR) is 57.7 cm³/mol. The van der Waals surface area contributed by atoms with Crippen LogP contribution in [-0.2, 0) is 7.05 Å². The zero-order chi connectivity index (χ0) is 11.9. The van der Waals surface area contributed by atoms with Crippen molar-refractivity contribution in [2.24, 2.45) is 7.05 Å². The van der Waals surface area contributed by atoms with E-state index in [0.29, 0.717) is 16.9 Å². The van der Waals surface area contributed by atoms with Crippen molar-refractivity contribution in [3.05, 3.63) is 35.5 Å². The minimum absolute atomic E-state index is 0.142. The van der Waals surface area contributed by atoms with E-state index in [1.807, 2.05) is 0 Å². The molecule has 0 bridgehead atoms. The number of rotatable bonds is 1. The largest absolute Gasteiger partial charge is 0.383 e. The van der Waals surface area contributed by atoms with Crippen LogP contribution in [0.5, 0.6) is 0 Å². The minimum atomic E-state index is -0.898. The van der Waals surface area contributed by atoms with E-state index in [1.165, 1.54) is 10.9 Å². The second-order valence-electron chi connectivity index (χ2n) is 3.68. The summed E-state index contributed by atoms with van der Waals surface area (Å²) in [5.74, 6) is -1.47. The summed E-state index contributed by atoms with van der Waals surface area (Å²) in [5, 5.41) is 3.90. The van der Waals surface area contributed by atoms with E-state index in [2.05, 4.69) is 5.10 Å². The molecule has 3 nitrogen and oxygen atoms in total. The molecule has 1 heterocycles. The van der Waals surface area contributed by atoms with Gasteiger partial charge >= 0.3 is 0 Å². The van der Waals surface area contributed by atoms with Gasteiger partial charge in [-0.05, 0) is 24.6 Å². The molecule has 0 unspecified atom stereocenters. The lowest BCUT2D eigenvalue weighted by Gasteiger charge is -2.05. The SMILES string of the molecule is Cc1cc(F)c(F)c(-c2cnn(C)c2N)c1. The Morgan fingerprint density at radius 2 is 1.94 bits per heavy atom. The Bertz CT molecular complexity index is 546. The quantitative estimate of drug-likeness (QED) is 0.805. The van der Waals surface area contributed by atoms with Gasteiger partial charge in [0.15, 0.2) is 11.6 Å². The summed E-state index contributed by atoms with van der Waals surface area (Å²) in [5.41, 5.74) is 6.90. The minimum Gasteiger partial charge on any atom is -0.383 e. The summed E-state index contributed by atoms with van der Waals surface area (Å²) in [6, 6.07) is 2.69. The van der Waals surface area contributed by atoms with Gasteiger partial charge in [0.05, 0.1) is 6.20 Å². The van der Waals surface area contributed by atoms with Gasteiger partial charge in [0.1, 0.15) is 5.82 Å². The van der Waals surface area contributed by atoms with Gasteiger partial charge in [-0.1, -0.05) is 0 Å². The summed E-state index contributed by atoms with van der Waals surface area (Å²) < 4.78 is 28.2. The first-order chi connectivity index (χ1) is 7.50. The number of hydrogen-bond acceptors (Lipinski definition) is 2. The monoisotopic (exact) mass is 223 g/mol. The first-order valence-corrected chi connectivity index (χ1v) is 4.74. The van der Waals surface area contributed by atoms with Crippen molar-refractivity contribution in [3.8, 4) is 11.1 Å². The fourth-order valence-electron chi connectivity index (χ4n) is 1.58. The zero-order valence-corrected chi connectivity index (χ0v) is 8.96. The van der Waals surface area contributed by atoms with E-state index in [1.54, 1.807) is 20.0 Å². The smallest absolute Gasteiger partial charge is 0.166 e. The third-order valence-electron chi connectivity index (χ3n) is 2.45. The topological polar surface area (TPSA) is 43.8 Å². The highest BCUT2D eigenvalue weighted by Crippen LogP contribution is 2.29. The van der Waals surface area contributed by atoms with Crippen LogP contribution in [0.3, 0.4) is 0 Å². The summed E-state index contributed by atoms with van der Waals surface area (Å²) in [6.45, 7) is 1.69. The number of nitrogens with two attached hydrogens (primary N) is 1. The molecule has 16 heavy (non-hydrogen) atoms. The van der Waals surface area contributed by atoms with Gasteiger partial charge in [-0.2, -0.15) is 5.10 Å².